The number of aromatic nitrogens is 3. The third kappa shape index (κ3) is 6.17. The Labute approximate surface area is 221 Å². The number of halogens is 2. The monoisotopic (exact) mass is 688 g/mol. The van der Waals surface area contributed by atoms with E-state index in [1.165, 1.54) is 18.3 Å². The van der Waals surface area contributed by atoms with Crippen LogP contribution in [0.25, 0.3) is 0 Å². The molecule has 1 aliphatic heterocycles. The highest BCUT2D eigenvalue weighted by Crippen LogP contribution is 2.26. The van der Waals surface area contributed by atoms with Gasteiger partial charge in [-0.05, 0) is 63.4 Å². The fourth-order valence-electron chi connectivity index (χ4n) is 3.05. The second-order valence-corrected chi connectivity index (χ2v) is 9.42. The van der Waals surface area contributed by atoms with E-state index >= 15 is 0 Å². The van der Waals surface area contributed by atoms with Crippen molar-refractivity contribution in [3.05, 3.63) is 59.2 Å². The zero-order valence-electron chi connectivity index (χ0n) is 17.5. The molecular formula is C20H18I2N8O4. The number of rotatable bonds is 7. The fraction of sp³-hybridized carbons (Fsp3) is 0.200. The predicted molar refractivity (Wildman–Crippen MR) is 144 cm³/mol. The maximum atomic E-state index is 11.1. The van der Waals surface area contributed by atoms with Crippen molar-refractivity contribution in [2.24, 2.45) is 5.10 Å². The summed E-state index contributed by atoms with van der Waals surface area (Å²) in [6.07, 6.45) is 1.48. The molecule has 3 aromatic rings. The summed E-state index contributed by atoms with van der Waals surface area (Å²) in [6, 6.07) is 9.70. The second-order valence-electron chi connectivity index (χ2n) is 7.01. The standard InChI is InChI=1S/C20H18I2N8O4/c21-13-8-12(17(31)16(22)9-13)11-23-28-19-25-18(24-14-2-1-3-15(10-14)30(32)33)26-20(27-19)29-4-6-34-7-5-29/h1-3,8-11,31H,4-7H2,(H2,24,25,26,27,28). The Balaban J connectivity index is 1.61. The summed E-state index contributed by atoms with van der Waals surface area (Å²) in [6.45, 7) is 2.31. The number of hydrazone groups is 1. The maximum absolute atomic E-state index is 11.1. The van der Waals surface area contributed by atoms with Gasteiger partial charge < -0.3 is 20.1 Å². The van der Waals surface area contributed by atoms with Crippen molar-refractivity contribution in [2.75, 3.05) is 41.9 Å². The number of hydrogen-bond donors (Lipinski definition) is 3. The first kappa shape index (κ1) is 24.3. The zero-order chi connectivity index (χ0) is 24.1. The average molecular weight is 688 g/mol. The van der Waals surface area contributed by atoms with E-state index < -0.39 is 4.92 Å². The molecule has 2 aromatic carbocycles. The lowest BCUT2D eigenvalue weighted by atomic mass is 10.2. The summed E-state index contributed by atoms with van der Waals surface area (Å²) in [5, 5.41) is 28.5. The average Bonchev–Trinajstić information content (AvgIpc) is 2.82. The van der Waals surface area contributed by atoms with Crippen molar-refractivity contribution < 1.29 is 14.8 Å². The third-order valence-electron chi connectivity index (χ3n) is 4.66. The minimum absolute atomic E-state index is 0.0534. The first-order valence-corrected chi connectivity index (χ1v) is 12.1. The molecule has 14 heteroatoms. The maximum Gasteiger partial charge on any atom is 0.271 e. The van der Waals surface area contributed by atoms with E-state index in [0.29, 0.717) is 47.1 Å². The van der Waals surface area contributed by atoms with Crippen LogP contribution in [0.2, 0.25) is 0 Å². The molecule has 34 heavy (non-hydrogen) atoms. The van der Waals surface area contributed by atoms with E-state index in [1.54, 1.807) is 18.2 Å². The van der Waals surface area contributed by atoms with Gasteiger partial charge in [-0.25, -0.2) is 5.43 Å². The summed E-state index contributed by atoms with van der Waals surface area (Å²) in [4.78, 5) is 25.8. The van der Waals surface area contributed by atoms with Gasteiger partial charge in [0.05, 0.1) is 27.9 Å². The summed E-state index contributed by atoms with van der Waals surface area (Å²) in [5.41, 5.74) is 3.73. The Morgan fingerprint density at radius 3 is 2.68 bits per heavy atom. The zero-order valence-corrected chi connectivity index (χ0v) is 21.8. The van der Waals surface area contributed by atoms with Gasteiger partial charge in [-0.3, -0.25) is 10.1 Å². The molecule has 0 radical (unpaired) electrons. The van der Waals surface area contributed by atoms with Gasteiger partial charge in [0.2, 0.25) is 17.8 Å². The van der Waals surface area contributed by atoms with Crippen LogP contribution < -0.4 is 15.6 Å². The van der Waals surface area contributed by atoms with Crippen LogP contribution in [-0.4, -0.2) is 57.5 Å². The van der Waals surface area contributed by atoms with Gasteiger partial charge in [0, 0.05) is 40.0 Å². The first-order valence-electron chi connectivity index (χ1n) is 9.96. The Kier molecular flexibility index (Phi) is 7.88. The topological polar surface area (TPSA) is 151 Å². The van der Waals surface area contributed by atoms with Crippen molar-refractivity contribution in [1.29, 1.82) is 0 Å². The molecule has 12 nitrogen and oxygen atoms in total. The molecule has 4 rings (SSSR count). The van der Waals surface area contributed by atoms with Gasteiger partial charge in [0.1, 0.15) is 5.75 Å². The summed E-state index contributed by atoms with van der Waals surface area (Å²) < 4.78 is 7.07. The summed E-state index contributed by atoms with van der Waals surface area (Å²) in [5.74, 6) is 0.904. The highest BCUT2D eigenvalue weighted by molar-refractivity contribution is 14.1. The second kappa shape index (κ2) is 11.0. The van der Waals surface area contributed by atoms with Gasteiger partial charge in [0.15, 0.2) is 0 Å². The van der Waals surface area contributed by atoms with Gasteiger partial charge >= 0.3 is 0 Å². The fourth-order valence-corrected chi connectivity index (χ4v) is 4.94. The number of nitrogens with zero attached hydrogens (tertiary/aromatic N) is 6. The Bertz CT molecular complexity index is 1240. The van der Waals surface area contributed by atoms with Gasteiger partial charge in [-0.2, -0.15) is 20.1 Å². The molecular weight excluding hydrogens is 670 g/mol. The van der Waals surface area contributed by atoms with Crippen molar-refractivity contribution in [2.45, 2.75) is 0 Å². The van der Waals surface area contributed by atoms with Crippen LogP contribution in [-0.2, 0) is 4.74 Å². The Morgan fingerprint density at radius 2 is 1.91 bits per heavy atom. The van der Waals surface area contributed by atoms with Crippen molar-refractivity contribution in [1.82, 2.24) is 15.0 Å². The van der Waals surface area contributed by atoms with Crippen molar-refractivity contribution in [3.63, 3.8) is 0 Å². The van der Waals surface area contributed by atoms with E-state index in [-0.39, 0.29) is 23.3 Å². The molecule has 0 bridgehead atoms. The number of aromatic hydroxyl groups is 1. The lowest BCUT2D eigenvalue weighted by molar-refractivity contribution is -0.384. The first-order chi connectivity index (χ1) is 16.4. The van der Waals surface area contributed by atoms with Crippen LogP contribution in [0.1, 0.15) is 5.56 Å². The Morgan fingerprint density at radius 1 is 1.15 bits per heavy atom. The molecule has 1 aromatic heterocycles. The third-order valence-corrected chi connectivity index (χ3v) is 6.10. The molecule has 2 heterocycles. The molecule has 176 valence electrons. The minimum Gasteiger partial charge on any atom is -0.506 e. The van der Waals surface area contributed by atoms with E-state index in [0.717, 1.165) is 3.57 Å². The number of hydrogen-bond acceptors (Lipinski definition) is 11. The lowest BCUT2D eigenvalue weighted by Gasteiger charge is -2.27. The highest BCUT2D eigenvalue weighted by Gasteiger charge is 2.17. The smallest absolute Gasteiger partial charge is 0.271 e. The molecule has 3 N–H and O–H groups in total. The number of benzene rings is 2. The minimum atomic E-state index is -0.471. The van der Waals surface area contributed by atoms with Crippen LogP contribution in [0.4, 0.5) is 29.2 Å². The van der Waals surface area contributed by atoms with Crippen LogP contribution in [0.3, 0.4) is 0 Å². The number of anilines is 4. The molecule has 0 spiro atoms. The number of ether oxygens (including phenoxy) is 1. The molecule has 0 amide bonds. The molecule has 1 saturated heterocycles. The number of non-ortho nitro benzene ring substituents is 1. The number of phenolic OH excluding ortho intramolecular Hbond substituents is 1. The molecule has 0 aliphatic carbocycles. The van der Waals surface area contributed by atoms with Crippen LogP contribution in [0.5, 0.6) is 5.75 Å². The molecule has 0 saturated carbocycles. The van der Waals surface area contributed by atoms with E-state index in [9.17, 15) is 15.2 Å². The molecule has 1 fully saturated rings. The van der Waals surface area contributed by atoms with Crippen LogP contribution >= 0.6 is 45.2 Å². The summed E-state index contributed by atoms with van der Waals surface area (Å²) in [7, 11) is 0. The van der Waals surface area contributed by atoms with Crippen molar-refractivity contribution >= 4 is 80.6 Å². The Hall–Kier alpha value is -2.86. The van der Waals surface area contributed by atoms with Crippen molar-refractivity contribution in [3.8, 4) is 5.75 Å². The molecule has 0 unspecified atom stereocenters. The quantitative estimate of drug-likeness (QED) is 0.145. The normalized spacial score (nSPS) is 13.8. The van der Waals surface area contributed by atoms with Gasteiger partial charge in [-0.1, -0.05) is 6.07 Å². The van der Waals surface area contributed by atoms with E-state index in [4.69, 9.17) is 4.74 Å². The van der Waals surface area contributed by atoms with Crippen LogP contribution in [0.15, 0.2) is 41.5 Å². The SMILES string of the molecule is O=[N+]([O-])c1cccc(Nc2nc(NN=Cc3cc(I)cc(I)c3O)nc(N3CCOCC3)n2)c1. The predicted octanol–water partition coefficient (Wildman–Crippen LogP) is 3.72. The summed E-state index contributed by atoms with van der Waals surface area (Å²) >= 11 is 4.22. The van der Waals surface area contributed by atoms with E-state index in [1.807, 2.05) is 11.0 Å². The number of phenols is 1. The van der Waals surface area contributed by atoms with E-state index in [2.05, 4.69) is 76.0 Å². The number of morpholine rings is 1. The molecule has 1 aliphatic rings. The largest absolute Gasteiger partial charge is 0.506 e. The van der Waals surface area contributed by atoms with Gasteiger partial charge in [-0.15, -0.1) is 0 Å². The van der Waals surface area contributed by atoms with Gasteiger partial charge in [0.25, 0.3) is 5.69 Å². The number of nitrogens with one attached hydrogen (secondary N) is 2. The highest BCUT2D eigenvalue weighted by atomic mass is 127. The number of nitro groups is 1. The lowest BCUT2D eigenvalue weighted by Crippen LogP contribution is -2.37. The molecule has 0 atom stereocenters. The number of nitro benzene ring substituents is 1. The van der Waals surface area contributed by atoms with Crippen LogP contribution in [0, 0.1) is 17.3 Å².